The van der Waals surface area contributed by atoms with Crippen LogP contribution in [0.4, 0.5) is 0 Å². The molecule has 0 aromatic carbocycles. The van der Waals surface area contributed by atoms with E-state index >= 15 is 0 Å². The van der Waals surface area contributed by atoms with E-state index in [9.17, 15) is 4.79 Å². The molecule has 1 amide bonds. The summed E-state index contributed by atoms with van der Waals surface area (Å²) in [5, 5.41) is 7.10. The smallest absolute Gasteiger partial charge is 0.220 e. The predicted octanol–water partition coefficient (Wildman–Crippen LogP) is 1.73. The maximum atomic E-state index is 11.8. The molecule has 2 aliphatic heterocycles. The van der Waals surface area contributed by atoms with E-state index in [0.717, 1.165) is 38.4 Å². The van der Waals surface area contributed by atoms with Gasteiger partial charge < -0.3 is 10.6 Å². The first-order valence-electron chi connectivity index (χ1n) is 7.01. The molecule has 0 aliphatic carbocycles. The molecule has 1 unspecified atom stereocenters. The minimum Gasteiger partial charge on any atom is -0.355 e. The fourth-order valence-corrected chi connectivity index (χ4v) is 5.09. The quantitative estimate of drug-likeness (QED) is 0.808. The lowest BCUT2D eigenvalue weighted by molar-refractivity contribution is -0.121. The van der Waals surface area contributed by atoms with Crippen molar-refractivity contribution < 1.29 is 4.79 Å². The summed E-state index contributed by atoms with van der Waals surface area (Å²) in [6.45, 7) is 3.12. The Kier molecular flexibility index (Phi) is 6.73. The Morgan fingerprint density at radius 3 is 2.83 bits per heavy atom. The van der Waals surface area contributed by atoms with Gasteiger partial charge in [-0.3, -0.25) is 4.79 Å². The van der Waals surface area contributed by atoms with Gasteiger partial charge >= 0.3 is 0 Å². The van der Waals surface area contributed by atoms with E-state index in [1.807, 2.05) is 23.5 Å². The van der Waals surface area contributed by atoms with Gasteiger partial charge in [-0.15, -0.1) is 0 Å². The zero-order chi connectivity index (χ0) is 12.6. The van der Waals surface area contributed by atoms with Crippen LogP contribution in [0.2, 0.25) is 0 Å². The molecule has 0 aromatic heterocycles. The number of carbonyl (C=O) groups excluding carboxylic acids is 1. The number of hydrogen-bond donors (Lipinski definition) is 2. The third-order valence-corrected chi connectivity index (χ3v) is 6.50. The zero-order valence-corrected chi connectivity index (χ0v) is 12.6. The third-order valence-electron chi connectivity index (χ3n) is 3.65. The highest BCUT2D eigenvalue weighted by molar-refractivity contribution is 8.06. The molecule has 0 radical (unpaired) electrons. The third kappa shape index (κ3) is 5.41. The molecule has 0 aromatic rings. The first-order chi connectivity index (χ1) is 8.84. The number of rotatable bonds is 5. The van der Waals surface area contributed by atoms with Crippen molar-refractivity contribution in [2.75, 3.05) is 36.9 Å². The van der Waals surface area contributed by atoms with Gasteiger partial charge in [0.25, 0.3) is 0 Å². The van der Waals surface area contributed by atoms with Crippen LogP contribution in [0.1, 0.15) is 25.7 Å². The van der Waals surface area contributed by atoms with Crippen molar-refractivity contribution in [3.63, 3.8) is 0 Å². The second-order valence-electron chi connectivity index (χ2n) is 5.10. The molecular weight excluding hydrogens is 264 g/mol. The van der Waals surface area contributed by atoms with Gasteiger partial charge in [-0.2, -0.15) is 23.5 Å². The Balaban J connectivity index is 1.54. The van der Waals surface area contributed by atoms with Crippen LogP contribution >= 0.6 is 23.5 Å². The summed E-state index contributed by atoms with van der Waals surface area (Å²) in [5.41, 5.74) is 0. The van der Waals surface area contributed by atoms with Gasteiger partial charge in [0, 0.05) is 35.5 Å². The van der Waals surface area contributed by atoms with E-state index < -0.39 is 0 Å². The molecule has 18 heavy (non-hydrogen) atoms. The maximum absolute atomic E-state index is 11.8. The number of amides is 1. The summed E-state index contributed by atoms with van der Waals surface area (Å²) < 4.78 is 0. The summed E-state index contributed by atoms with van der Waals surface area (Å²) in [7, 11) is 0. The Morgan fingerprint density at radius 1 is 1.28 bits per heavy atom. The molecule has 5 heteroatoms. The van der Waals surface area contributed by atoms with Crippen LogP contribution in [-0.4, -0.2) is 48.0 Å². The van der Waals surface area contributed by atoms with Crippen LogP contribution in [-0.2, 0) is 4.79 Å². The molecular formula is C13H24N2OS2. The lowest BCUT2D eigenvalue weighted by atomic mass is 9.93. The molecule has 2 rings (SSSR count). The average molecular weight is 288 g/mol. The predicted molar refractivity (Wildman–Crippen MR) is 81.4 cm³/mol. The van der Waals surface area contributed by atoms with Gasteiger partial charge in [0.2, 0.25) is 5.91 Å². The van der Waals surface area contributed by atoms with Crippen LogP contribution in [0, 0.1) is 5.92 Å². The van der Waals surface area contributed by atoms with Gasteiger partial charge in [-0.25, -0.2) is 0 Å². The largest absolute Gasteiger partial charge is 0.355 e. The minimum absolute atomic E-state index is 0.254. The molecule has 2 heterocycles. The van der Waals surface area contributed by atoms with Crippen molar-refractivity contribution in [3.05, 3.63) is 0 Å². The zero-order valence-electron chi connectivity index (χ0n) is 11.0. The van der Waals surface area contributed by atoms with Crippen LogP contribution < -0.4 is 10.6 Å². The molecule has 0 bridgehead atoms. The monoisotopic (exact) mass is 288 g/mol. The van der Waals surface area contributed by atoms with Gasteiger partial charge in [-0.1, -0.05) is 0 Å². The highest BCUT2D eigenvalue weighted by Crippen LogP contribution is 2.23. The summed E-state index contributed by atoms with van der Waals surface area (Å²) >= 11 is 4.02. The summed E-state index contributed by atoms with van der Waals surface area (Å²) in [4.78, 5) is 11.8. The van der Waals surface area contributed by atoms with Crippen LogP contribution in [0.15, 0.2) is 0 Å². The topological polar surface area (TPSA) is 41.1 Å². The van der Waals surface area contributed by atoms with E-state index in [-0.39, 0.29) is 5.91 Å². The first kappa shape index (κ1) is 14.5. The number of piperidine rings is 1. The van der Waals surface area contributed by atoms with E-state index in [1.165, 1.54) is 30.1 Å². The van der Waals surface area contributed by atoms with Crippen LogP contribution in [0.5, 0.6) is 0 Å². The van der Waals surface area contributed by atoms with E-state index in [4.69, 9.17) is 0 Å². The molecule has 2 N–H and O–H groups in total. The minimum atomic E-state index is 0.254. The lowest BCUT2D eigenvalue weighted by Gasteiger charge is -2.23. The molecule has 0 saturated carbocycles. The Morgan fingerprint density at radius 2 is 2.11 bits per heavy atom. The molecule has 2 fully saturated rings. The van der Waals surface area contributed by atoms with Crippen molar-refractivity contribution in [2.24, 2.45) is 5.92 Å². The van der Waals surface area contributed by atoms with Crippen molar-refractivity contribution >= 4 is 29.4 Å². The Hall–Kier alpha value is 0.130. The average Bonchev–Trinajstić information content (AvgIpc) is 2.45. The highest BCUT2D eigenvalue weighted by atomic mass is 32.2. The Bertz CT molecular complexity index is 227. The summed E-state index contributed by atoms with van der Waals surface area (Å²) in [6, 6.07) is 0. The molecule has 2 saturated heterocycles. The number of carbonyl (C=O) groups is 1. The number of thioether (sulfide) groups is 2. The van der Waals surface area contributed by atoms with E-state index in [0.29, 0.717) is 5.25 Å². The highest BCUT2D eigenvalue weighted by Gasteiger charge is 2.17. The second-order valence-corrected chi connectivity index (χ2v) is 7.66. The normalized spacial score (nSPS) is 25.9. The van der Waals surface area contributed by atoms with Crippen molar-refractivity contribution in [1.82, 2.24) is 10.6 Å². The van der Waals surface area contributed by atoms with Crippen molar-refractivity contribution in [1.29, 1.82) is 0 Å². The summed E-state index contributed by atoms with van der Waals surface area (Å²) in [5.74, 6) is 4.71. The second kappa shape index (κ2) is 8.33. The standard InChI is InChI=1S/C13H24N2OS2/c16-13(2-1-11-3-5-14-6-4-11)15-9-12-10-17-7-8-18-12/h11-12,14H,1-10H2,(H,15,16). The van der Waals surface area contributed by atoms with E-state index in [1.54, 1.807) is 0 Å². The fraction of sp³-hybridized carbons (Fsp3) is 0.923. The number of hydrogen-bond acceptors (Lipinski definition) is 4. The van der Waals surface area contributed by atoms with Gasteiger partial charge in [0.1, 0.15) is 0 Å². The Labute approximate surface area is 119 Å². The van der Waals surface area contributed by atoms with E-state index in [2.05, 4.69) is 10.6 Å². The van der Waals surface area contributed by atoms with Crippen LogP contribution in [0.3, 0.4) is 0 Å². The van der Waals surface area contributed by atoms with Gasteiger partial charge in [-0.05, 0) is 38.3 Å². The molecule has 2 aliphatic rings. The summed E-state index contributed by atoms with van der Waals surface area (Å²) in [6.07, 6.45) is 4.26. The fourth-order valence-electron chi connectivity index (χ4n) is 2.48. The lowest BCUT2D eigenvalue weighted by Crippen LogP contribution is -2.34. The van der Waals surface area contributed by atoms with Crippen molar-refractivity contribution in [3.8, 4) is 0 Å². The first-order valence-corrected chi connectivity index (χ1v) is 9.21. The van der Waals surface area contributed by atoms with Crippen LogP contribution in [0.25, 0.3) is 0 Å². The van der Waals surface area contributed by atoms with Gasteiger partial charge in [0.15, 0.2) is 0 Å². The maximum Gasteiger partial charge on any atom is 0.220 e. The number of nitrogens with one attached hydrogen (secondary N) is 2. The molecule has 3 nitrogen and oxygen atoms in total. The van der Waals surface area contributed by atoms with Crippen molar-refractivity contribution in [2.45, 2.75) is 30.9 Å². The van der Waals surface area contributed by atoms with Gasteiger partial charge in [0.05, 0.1) is 0 Å². The SMILES string of the molecule is O=C(CCC1CCNCC1)NCC1CSCCS1. The molecule has 1 atom stereocenters. The molecule has 0 spiro atoms. The molecule has 104 valence electrons.